The lowest BCUT2D eigenvalue weighted by molar-refractivity contribution is 1.24. The molecule has 0 heterocycles. The van der Waals surface area contributed by atoms with Crippen molar-refractivity contribution >= 4 is 23.4 Å². The van der Waals surface area contributed by atoms with Gasteiger partial charge in [-0.15, -0.1) is 0 Å². The van der Waals surface area contributed by atoms with Crippen LogP contribution in [-0.2, 0) is 6.42 Å². The second kappa shape index (κ2) is 5.77. The maximum Gasteiger partial charge on any atom is 0.0669 e. The fraction of sp³-hybridized carbons (Fsp3) is 0.0714. The van der Waals surface area contributed by atoms with E-state index in [1.54, 1.807) is 11.8 Å². The maximum atomic E-state index is 8.58. The van der Waals surface area contributed by atoms with Crippen molar-refractivity contribution in [2.75, 3.05) is 0 Å². The molecule has 0 N–H and O–H groups in total. The van der Waals surface area contributed by atoms with Crippen LogP contribution in [0.3, 0.4) is 0 Å². The third-order valence-corrected chi connectivity index (χ3v) is 3.52. The molecule has 0 saturated heterocycles. The number of halogens is 1. The van der Waals surface area contributed by atoms with E-state index in [0.29, 0.717) is 6.42 Å². The van der Waals surface area contributed by atoms with Gasteiger partial charge in [0, 0.05) is 14.8 Å². The van der Waals surface area contributed by atoms with Crippen LogP contribution < -0.4 is 0 Å². The minimum absolute atomic E-state index is 0.464. The molecule has 0 amide bonds. The van der Waals surface area contributed by atoms with Crippen molar-refractivity contribution in [2.45, 2.75) is 16.2 Å². The van der Waals surface area contributed by atoms with Crippen LogP contribution >= 0.6 is 23.4 Å². The lowest BCUT2D eigenvalue weighted by Crippen LogP contribution is -1.80. The maximum absolute atomic E-state index is 8.58. The van der Waals surface area contributed by atoms with Crippen molar-refractivity contribution in [3.05, 3.63) is 59.1 Å². The van der Waals surface area contributed by atoms with Gasteiger partial charge in [0.05, 0.1) is 12.5 Å². The predicted octanol–water partition coefficient (Wildman–Crippen LogP) is 4.56. The van der Waals surface area contributed by atoms with Crippen LogP contribution in [0.2, 0.25) is 5.02 Å². The smallest absolute Gasteiger partial charge is 0.0669 e. The molecule has 1 nitrogen and oxygen atoms in total. The highest BCUT2D eigenvalue weighted by Crippen LogP contribution is 2.28. The zero-order chi connectivity index (χ0) is 12.1. The number of benzene rings is 2. The van der Waals surface area contributed by atoms with Gasteiger partial charge in [-0.3, -0.25) is 0 Å². The summed E-state index contributed by atoms with van der Waals surface area (Å²) in [5.41, 5.74) is 1.05. The van der Waals surface area contributed by atoms with Crippen molar-refractivity contribution in [1.82, 2.24) is 0 Å². The molecule has 0 spiro atoms. The van der Waals surface area contributed by atoms with Crippen LogP contribution in [0.1, 0.15) is 5.56 Å². The van der Waals surface area contributed by atoms with E-state index in [2.05, 4.69) is 6.07 Å². The van der Waals surface area contributed by atoms with Gasteiger partial charge in [0.25, 0.3) is 0 Å². The molecule has 2 aromatic rings. The van der Waals surface area contributed by atoms with Gasteiger partial charge in [-0.25, -0.2) is 0 Å². The summed E-state index contributed by atoms with van der Waals surface area (Å²) in [6, 6.07) is 17.9. The molecule has 0 fully saturated rings. The van der Waals surface area contributed by atoms with E-state index in [0.717, 1.165) is 20.4 Å². The fourth-order valence-electron chi connectivity index (χ4n) is 1.41. The van der Waals surface area contributed by atoms with Crippen LogP contribution in [0.25, 0.3) is 0 Å². The van der Waals surface area contributed by atoms with Crippen LogP contribution in [0, 0.1) is 11.3 Å². The molecule has 3 heteroatoms. The van der Waals surface area contributed by atoms with Crippen molar-refractivity contribution < 1.29 is 0 Å². The van der Waals surface area contributed by atoms with Gasteiger partial charge >= 0.3 is 0 Å². The lowest BCUT2D eigenvalue weighted by Gasteiger charge is -2.02. The molecule has 2 rings (SSSR count). The van der Waals surface area contributed by atoms with Crippen molar-refractivity contribution in [2.24, 2.45) is 0 Å². The second-order valence-electron chi connectivity index (χ2n) is 3.53. The van der Waals surface area contributed by atoms with Crippen molar-refractivity contribution in [3.63, 3.8) is 0 Å². The van der Waals surface area contributed by atoms with Crippen molar-refractivity contribution in [1.29, 1.82) is 5.26 Å². The molecule has 2 aromatic carbocycles. The second-order valence-corrected chi connectivity index (χ2v) is 5.12. The highest BCUT2D eigenvalue weighted by atomic mass is 35.5. The van der Waals surface area contributed by atoms with Crippen LogP contribution in [0.4, 0.5) is 0 Å². The molecule has 0 bridgehead atoms. The molecule has 0 aliphatic heterocycles. The lowest BCUT2D eigenvalue weighted by atomic mass is 10.2. The SMILES string of the molecule is N#CCc1ccc(Sc2ccc(Cl)cc2)cc1. The molecule has 0 saturated carbocycles. The third kappa shape index (κ3) is 3.52. The topological polar surface area (TPSA) is 23.8 Å². The molecule has 0 atom stereocenters. The molecular weight excluding hydrogens is 250 g/mol. The molecule has 84 valence electrons. The highest BCUT2D eigenvalue weighted by Gasteiger charge is 1.98. The first-order valence-electron chi connectivity index (χ1n) is 5.17. The minimum atomic E-state index is 0.464. The van der Waals surface area contributed by atoms with Crippen molar-refractivity contribution in [3.8, 4) is 6.07 Å². The Balaban J connectivity index is 2.09. The quantitative estimate of drug-likeness (QED) is 0.807. The van der Waals surface area contributed by atoms with E-state index in [4.69, 9.17) is 16.9 Å². The Bertz CT molecular complexity index is 526. The average molecular weight is 260 g/mol. The summed E-state index contributed by atoms with van der Waals surface area (Å²) in [4.78, 5) is 2.32. The Morgan fingerprint density at radius 3 is 2.00 bits per heavy atom. The Morgan fingerprint density at radius 2 is 1.47 bits per heavy atom. The Labute approximate surface area is 110 Å². The first kappa shape index (κ1) is 12.0. The summed E-state index contributed by atoms with van der Waals surface area (Å²) >= 11 is 7.51. The van der Waals surface area contributed by atoms with Gasteiger partial charge in [-0.2, -0.15) is 5.26 Å². The standard InChI is InChI=1S/C14H10ClNS/c15-12-3-7-14(8-4-12)17-13-5-1-11(2-6-13)9-10-16/h1-8H,9H2. The summed E-state index contributed by atoms with van der Waals surface area (Å²) in [6.07, 6.45) is 0.464. The number of hydrogen-bond donors (Lipinski definition) is 0. The van der Waals surface area contributed by atoms with E-state index in [9.17, 15) is 0 Å². The summed E-state index contributed by atoms with van der Waals surface area (Å²) in [5, 5.41) is 9.33. The first-order valence-corrected chi connectivity index (χ1v) is 6.37. The Morgan fingerprint density at radius 1 is 0.941 bits per heavy atom. The zero-order valence-electron chi connectivity index (χ0n) is 9.06. The third-order valence-electron chi connectivity index (χ3n) is 2.26. The molecule has 0 radical (unpaired) electrons. The summed E-state index contributed by atoms with van der Waals surface area (Å²) < 4.78 is 0. The van der Waals surface area contributed by atoms with E-state index in [-0.39, 0.29) is 0 Å². The largest absolute Gasteiger partial charge is 0.198 e. The summed E-state index contributed by atoms with van der Waals surface area (Å²) in [6.45, 7) is 0. The molecule has 0 unspecified atom stereocenters. The molecule has 17 heavy (non-hydrogen) atoms. The Kier molecular flexibility index (Phi) is 4.08. The molecule has 0 aliphatic carbocycles. The monoisotopic (exact) mass is 259 g/mol. The van der Waals surface area contributed by atoms with E-state index >= 15 is 0 Å². The van der Waals surface area contributed by atoms with Crippen LogP contribution in [0.5, 0.6) is 0 Å². The van der Waals surface area contributed by atoms with Gasteiger partial charge < -0.3 is 0 Å². The predicted molar refractivity (Wildman–Crippen MR) is 71.3 cm³/mol. The fourth-order valence-corrected chi connectivity index (χ4v) is 2.35. The molecule has 0 aliphatic rings. The molecular formula is C14H10ClNS. The zero-order valence-corrected chi connectivity index (χ0v) is 10.6. The van der Waals surface area contributed by atoms with E-state index < -0.39 is 0 Å². The summed E-state index contributed by atoms with van der Waals surface area (Å²) in [5.74, 6) is 0. The number of hydrogen-bond acceptors (Lipinski definition) is 2. The first-order chi connectivity index (χ1) is 8.28. The highest BCUT2D eigenvalue weighted by molar-refractivity contribution is 7.99. The van der Waals surface area contributed by atoms with Gasteiger partial charge in [-0.1, -0.05) is 35.5 Å². The average Bonchev–Trinajstić information content (AvgIpc) is 2.35. The van der Waals surface area contributed by atoms with E-state index in [1.807, 2.05) is 48.5 Å². The van der Waals surface area contributed by atoms with Crippen LogP contribution in [0.15, 0.2) is 58.3 Å². The molecule has 0 aromatic heterocycles. The van der Waals surface area contributed by atoms with E-state index in [1.165, 1.54) is 0 Å². The Hall–Kier alpha value is -1.43. The van der Waals surface area contributed by atoms with Gasteiger partial charge in [-0.05, 0) is 42.0 Å². The summed E-state index contributed by atoms with van der Waals surface area (Å²) in [7, 11) is 0. The number of nitriles is 1. The number of rotatable bonds is 3. The van der Waals surface area contributed by atoms with Crippen LogP contribution in [-0.4, -0.2) is 0 Å². The van der Waals surface area contributed by atoms with Gasteiger partial charge in [0.15, 0.2) is 0 Å². The number of nitrogens with zero attached hydrogens (tertiary/aromatic N) is 1. The minimum Gasteiger partial charge on any atom is -0.198 e. The van der Waals surface area contributed by atoms with Gasteiger partial charge in [0.1, 0.15) is 0 Å². The van der Waals surface area contributed by atoms with Gasteiger partial charge in [0.2, 0.25) is 0 Å². The normalized spacial score (nSPS) is 9.88.